The smallest absolute Gasteiger partial charge is 0.111 e. The van der Waals surface area contributed by atoms with Crippen LogP contribution in [0.25, 0.3) is 0 Å². The minimum atomic E-state index is 0.480. The van der Waals surface area contributed by atoms with E-state index in [1.807, 2.05) is 12.4 Å². The largest absolute Gasteiger partial charge is 0.334 e. The standard InChI is InChI=1S/C8H13ClN2/c1-7(2)8-10-4-6-11(8)5-3-9/h4,6-7H,3,5H2,1-2H3. The lowest BCUT2D eigenvalue weighted by Crippen LogP contribution is -2.05. The van der Waals surface area contributed by atoms with E-state index in [-0.39, 0.29) is 0 Å². The zero-order valence-corrected chi connectivity index (χ0v) is 7.67. The molecule has 1 rings (SSSR count). The van der Waals surface area contributed by atoms with Crippen molar-refractivity contribution in [3.8, 4) is 0 Å². The lowest BCUT2D eigenvalue weighted by Gasteiger charge is -2.07. The van der Waals surface area contributed by atoms with Crippen LogP contribution in [0, 0.1) is 0 Å². The van der Waals surface area contributed by atoms with Gasteiger partial charge in [-0.3, -0.25) is 0 Å². The Morgan fingerprint density at radius 3 is 2.91 bits per heavy atom. The SMILES string of the molecule is CC(C)c1nccn1CCCl. The molecule has 0 aromatic carbocycles. The molecular weight excluding hydrogens is 160 g/mol. The molecule has 1 aromatic heterocycles. The third kappa shape index (κ3) is 1.96. The summed E-state index contributed by atoms with van der Waals surface area (Å²) in [5.74, 6) is 2.25. The minimum Gasteiger partial charge on any atom is -0.334 e. The summed E-state index contributed by atoms with van der Waals surface area (Å²) in [6.45, 7) is 5.12. The van der Waals surface area contributed by atoms with Crippen molar-refractivity contribution in [3.63, 3.8) is 0 Å². The fourth-order valence-electron chi connectivity index (χ4n) is 1.10. The number of aryl methyl sites for hydroxylation is 1. The quantitative estimate of drug-likeness (QED) is 0.640. The maximum atomic E-state index is 5.62. The van der Waals surface area contributed by atoms with Crippen molar-refractivity contribution in [2.45, 2.75) is 26.3 Å². The first-order valence-corrected chi connectivity index (χ1v) is 4.36. The molecule has 0 atom stereocenters. The number of nitrogens with zero attached hydrogens (tertiary/aromatic N) is 2. The molecule has 0 spiro atoms. The molecular formula is C8H13ClN2. The molecule has 0 unspecified atom stereocenters. The van der Waals surface area contributed by atoms with E-state index >= 15 is 0 Å². The van der Waals surface area contributed by atoms with E-state index in [4.69, 9.17) is 11.6 Å². The number of hydrogen-bond acceptors (Lipinski definition) is 1. The molecule has 3 heteroatoms. The van der Waals surface area contributed by atoms with Crippen LogP contribution in [0.1, 0.15) is 25.6 Å². The van der Waals surface area contributed by atoms with Gasteiger partial charge in [0.05, 0.1) is 0 Å². The Bertz CT molecular complexity index is 218. The van der Waals surface area contributed by atoms with E-state index in [0.29, 0.717) is 11.8 Å². The molecule has 0 radical (unpaired) electrons. The number of halogens is 1. The van der Waals surface area contributed by atoms with Gasteiger partial charge in [-0.1, -0.05) is 13.8 Å². The second-order valence-corrected chi connectivity index (χ2v) is 3.20. The van der Waals surface area contributed by atoms with E-state index in [2.05, 4.69) is 23.4 Å². The van der Waals surface area contributed by atoms with Crippen LogP contribution in [0.3, 0.4) is 0 Å². The van der Waals surface area contributed by atoms with Crippen molar-refractivity contribution < 1.29 is 0 Å². The van der Waals surface area contributed by atoms with Crippen LogP contribution in [0.15, 0.2) is 12.4 Å². The summed E-state index contributed by atoms with van der Waals surface area (Å²) >= 11 is 5.62. The molecule has 1 heterocycles. The summed E-state index contributed by atoms with van der Waals surface area (Å²) in [6, 6.07) is 0. The molecule has 0 N–H and O–H groups in total. The monoisotopic (exact) mass is 172 g/mol. The molecule has 0 aliphatic rings. The van der Waals surface area contributed by atoms with Gasteiger partial charge in [0.2, 0.25) is 0 Å². The second-order valence-electron chi connectivity index (χ2n) is 2.82. The molecule has 0 fully saturated rings. The molecule has 62 valence electrons. The fourth-order valence-corrected chi connectivity index (χ4v) is 1.28. The molecule has 2 nitrogen and oxygen atoms in total. The highest BCUT2D eigenvalue weighted by atomic mass is 35.5. The predicted molar refractivity (Wildman–Crippen MR) is 47.0 cm³/mol. The minimum absolute atomic E-state index is 0.480. The molecule has 0 amide bonds. The Labute approximate surface area is 72.2 Å². The van der Waals surface area contributed by atoms with Gasteiger partial charge in [0, 0.05) is 30.7 Å². The first-order valence-electron chi connectivity index (χ1n) is 3.82. The van der Waals surface area contributed by atoms with Gasteiger partial charge < -0.3 is 4.57 Å². The number of rotatable bonds is 3. The van der Waals surface area contributed by atoms with Crippen LogP contribution in [0.2, 0.25) is 0 Å². The average molecular weight is 173 g/mol. The second kappa shape index (κ2) is 3.77. The van der Waals surface area contributed by atoms with Crippen LogP contribution in [0.4, 0.5) is 0 Å². The van der Waals surface area contributed by atoms with Crippen LogP contribution in [0.5, 0.6) is 0 Å². The van der Waals surface area contributed by atoms with Crippen LogP contribution < -0.4 is 0 Å². The molecule has 1 aromatic rings. The Balaban J connectivity index is 2.78. The topological polar surface area (TPSA) is 17.8 Å². The lowest BCUT2D eigenvalue weighted by atomic mass is 10.2. The van der Waals surface area contributed by atoms with E-state index < -0.39 is 0 Å². The zero-order chi connectivity index (χ0) is 8.27. The van der Waals surface area contributed by atoms with Crippen molar-refractivity contribution in [1.82, 2.24) is 9.55 Å². The Morgan fingerprint density at radius 2 is 2.36 bits per heavy atom. The first kappa shape index (κ1) is 8.60. The highest BCUT2D eigenvalue weighted by Crippen LogP contribution is 2.11. The van der Waals surface area contributed by atoms with Gasteiger partial charge in [0.25, 0.3) is 0 Å². The molecule has 11 heavy (non-hydrogen) atoms. The maximum Gasteiger partial charge on any atom is 0.111 e. The Hall–Kier alpha value is -0.500. The normalized spacial score (nSPS) is 10.9. The highest BCUT2D eigenvalue weighted by molar-refractivity contribution is 6.17. The summed E-state index contributed by atoms with van der Waals surface area (Å²) in [7, 11) is 0. The predicted octanol–water partition coefficient (Wildman–Crippen LogP) is 2.25. The number of hydrogen-bond donors (Lipinski definition) is 0. The van der Waals surface area contributed by atoms with Crippen LogP contribution in [-0.2, 0) is 6.54 Å². The fraction of sp³-hybridized carbons (Fsp3) is 0.625. The van der Waals surface area contributed by atoms with Crippen molar-refractivity contribution in [1.29, 1.82) is 0 Å². The summed E-state index contributed by atoms with van der Waals surface area (Å²) in [6.07, 6.45) is 3.79. The number of aromatic nitrogens is 2. The van der Waals surface area contributed by atoms with E-state index in [9.17, 15) is 0 Å². The van der Waals surface area contributed by atoms with Crippen molar-refractivity contribution in [2.24, 2.45) is 0 Å². The van der Waals surface area contributed by atoms with Gasteiger partial charge in [-0.15, -0.1) is 11.6 Å². The molecule has 0 aliphatic carbocycles. The average Bonchev–Trinajstić information content (AvgIpc) is 2.36. The highest BCUT2D eigenvalue weighted by Gasteiger charge is 2.05. The Morgan fingerprint density at radius 1 is 1.64 bits per heavy atom. The summed E-state index contributed by atoms with van der Waals surface area (Å²) in [5.41, 5.74) is 0. The summed E-state index contributed by atoms with van der Waals surface area (Å²) < 4.78 is 2.09. The zero-order valence-electron chi connectivity index (χ0n) is 6.92. The Kier molecular flexibility index (Phi) is 2.94. The van der Waals surface area contributed by atoms with Gasteiger partial charge in [0.15, 0.2) is 0 Å². The lowest BCUT2D eigenvalue weighted by molar-refractivity contribution is 0.655. The third-order valence-corrected chi connectivity index (χ3v) is 1.76. The molecule has 0 saturated heterocycles. The summed E-state index contributed by atoms with van der Waals surface area (Å²) in [5, 5.41) is 0. The van der Waals surface area contributed by atoms with Crippen LogP contribution >= 0.6 is 11.6 Å². The van der Waals surface area contributed by atoms with E-state index in [1.165, 1.54) is 0 Å². The maximum absolute atomic E-state index is 5.62. The molecule has 0 bridgehead atoms. The number of alkyl halides is 1. The third-order valence-electron chi connectivity index (χ3n) is 1.59. The van der Waals surface area contributed by atoms with Gasteiger partial charge in [-0.25, -0.2) is 4.98 Å². The van der Waals surface area contributed by atoms with E-state index in [1.54, 1.807) is 0 Å². The van der Waals surface area contributed by atoms with Gasteiger partial charge in [0.1, 0.15) is 5.82 Å². The first-order chi connectivity index (χ1) is 5.25. The van der Waals surface area contributed by atoms with Gasteiger partial charge >= 0.3 is 0 Å². The van der Waals surface area contributed by atoms with Crippen molar-refractivity contribution in [2.75, 3.05) is 5.88 Å². The molecule has 0 saturated carbocycles. The number of imidazole rings is 1. The van der Waals surface area contributed by atoms with Gasteiger partial charge in [-0.2, -0.15) is 0 Å². The molecule has 0 aliphatic heterocycles. The van der Waals surface area contributed by atoms with Gasteiger partial charge in [-0.05, 0) is 0 Å². The van der Waals surface area contributed by atoms with E-state index in [0.717, 1.165) is 12.4 Å². The van der Waals surface area contributed by atoms with Crippen molar-refractivity contribution in [3.05, 3.63) is 18.2 Å². The van der Waals surface area contributed by atoms with Crippen LogP contribution in [-0.4, -0.2) is 15.4 Å². The van der Waals surface area contributed by atoms with Crippen molar-refractivity contribution >= 4 is 11.6 Å². The summed E-state index contributed by atoms with van der Waals surface area (Å²) in [4.78, 5) is 4.24.